The molecule has 0 saturated carbocycles. The molecule has 0 spiro atoms. The predicted molar refractivity (Wildman–Crippen MR) is 147 cm³/mol. The molecule has 192 valence electrons. The van der Waals surface area contributed by atoms with E-state index in [-0.39, 0.29) is 18.0 Å². The Kier molecular flexibility index (Phi) is 6.99. The summed E-state index contributed by atoms with van der Waals surface area (Å²) in [5, 5.41) is 15.2. The molecule has 0 aliphatic carbocycles. The van der Waals surface area contributed by atoms with Crippen LogP contribution < -0.4 is 16.0 Å². The van der Waals surface area contributed by atoms with E-state index >= 15 is 0 Å². The Balaban J connectivity index is 1.32. The first-order valence-electron chi connectivity index (χ1n) is 12.4. The molecule has 0 fully saturated rings. The van der Waals surface area contributed by atoms with Gasteiger partial charge in [-0.1, -0.05) is 49.4 Å². The molecule has 5 rings (SSSR count). The zero-order chi connectivity index (χ0) is 26.0. The van der Waals surface area contributed by atoms with Crippen LogP contribution in [0.15, 0.2) is 84.1 Å². The Hall–Kier alpha value is -3.69. The van der Waals surface area contributed by atoms with Crippen LogP contribution in [-0.4, -0.2) is 48.6 Å². The number of pyridine rings is 1. The molecule has 9 heteroatoms. The molecular weight excluding hydrogens is 484 g/mol. The highest BCUT2D eigenvalue weighted by Crippen LogP contribution is 2.32. The number of rotatable bonds is 8. The summed E-state index contributed by atoms with van der Waals surface area (Å²) in [6.45, 7) is 3.61. The summed E-state index contributed by atoms with van der Waals surface area (Å²) in [5.74, 6) is 1.03. The van der Waals surface area contributed by atoms with Crippen LogP contribution in [0.3, 0.4) is 0 Å². The number of aromatic nitrogens is 3. The summed E-state index contributed by atoms with van der Waals surface area (Å²) in [6.07, 6.45) is 6.93. The van der Waals surface area contributed by atoms with Crippen LogP contribution in [0, 0.1) is 0 Å². The zero-order valence-electron chi connectivity index (χ0n) is 21.2. The van der Waals surface area contributed by atoms with Crippen molar-refractivity contribution in [1.82, 2.24) is 20.1 Å². The van der Waals surface area contributed by atoms with E-state index in [9.17, 15) is 8.42 Å². The maximum Gasteiger partial charge on any atom is 0.175 e. The molecular formula is C28H32N6O2S. The van der Waals surface area contributed by atoms with E-state index in [0.717, 1.165) is 41.3 Å². The van der Waals surface area contributed by atoms with Crippen molar-refractivity contribution in [3.63, 3.8) is 0 Å². The summed E-state index contributed by atoms with van der Waals surface area (Å²) in [5.41, 5.74) is 5.31. The SMILES string of the molecule is C[C@H](CN[C@H](c1ccccc1)[C@H]1CNc2cc(-c3cnn(C)c3)cnc2N1)c1ccc(S(C)(=O)=O)cc1. The van der Waals surface area contributed by atoms with Crippen molar-refractivity contribution in [2.45, 2.75) is 29.8 Å². The molecule has 4 aromatic rings. The molecule has 2 aromatic heterocycles. The molecule has 0 saturated heterocycles. The van der Waals surface area contributed by atoms with Gasteiger partial charge in [0.05, 0.1) is 28.9 Å². The van der Waals surface area contributed by atoms with Gasteiger partial charge in [0.1, 0.15) is 5.82 Å². The summed E-state index contributed by atoms with van der Waals surface area (Å²) < 4.78 is 25.4. The lowest BCUT2D eigenvalue weighted by molar-refractivity contribution is 0.453. The fourth-order valence-corrected chi connectivity index (χ4v) is 5.34. The average molecular weight is 517 g/mol. The Bertz CT molecular complexity index is 1470. The number of sulfone groups is 1. The number of hydrogen-bond acceptors (Lipinski definition) is 7. The van der Waals surface area contributed by atoms with Gasteiger partial charge in [-0.05, 0) is 35.2 Å². The number of fused-ring (bicyclic) bond motifs is 1. The van der Waals surface area contributed by atoms with Crippen molar-refractivity contribution < 1.29 is 8.42 Å². The molecule has 3 N–H and O–H groups in total. The molecule has 1 aliphatic rings. The van der Waals surface area contributed by atoms with Crippen molar-refractivity contribution in [2.75, 3.05) is 30.0 Å². The number of hydrogen-bond donors (Lipinski definition) is 3. The molecule has 0 amide bonds. The van der Waals surface area contributed by atoms with Gasteiger partial charge < -0.3 is 16.0 Å². The van der Waals surface area contributed by atoms with Crippen LogP contribution in [0.25, 0.3) is 11.1 Å². The third kappa shape index (κ3) is 5.68. The van der Waals surface area contributed by atoms with Crippen molar-refractivity contribution in [3.8, 4) is 11.1 Å². The van der Waals surface area contributed by atoms with Gasteiger partial charge in [-0.2, -0.15) is 5.10 Å². The van der Waals surface area contributed by atoms with Crippen LogP contribution in [0.1, 0.15) is 30.0 Å². The number of nitrogens with zero attached hydrogens (tertiary/aromatic N) is 3. The lowest BCUT2D eigenvalue weighted by Gasteiger charge is -2.35. The normalized spacial score (nSPS) is 16.8. The third-order valence-corrected chi connectivity index (χ3v) is 7.97. The molecule has 1 aliphatic heterocycles. The maximum atomic E-state index is 11.8. The van der Waals surface area contributed by atoms with Crippen LogP contribution in [0.2, 0.25) is 0 Å². The largest absolute Gasteiger partial charge is 0.380 e. The Labute approximate surface area is 218 Å². The van der Waals surface area contributed by atoms with E-state index in [1.165, 1.54) is 11.8 Å². The van der Waals surface area contributed by atoms with Crippen molar-refractivity contribution in [2.24, 2.45) is 7.05 Å². The average Bonchev–Trinajstić information content (AvgIpc) is 3.34. The second-order valence-corrected chi connectivity index (χ2v) is 11.7. The lowest BCUT2D eigenvalue weighted by atomic mass is 9.95. The zero-order valence-corrected chi connectivity index (χ0v) is 22.0. The van der Waals surface area contributed by atoms with Crippen molar-refractivity contribution in [3.05, 3.63) is 90.4 Å². The van der Waals surface area contributed by atoms with Gasteiger partial charge in [-0.3, -0.25) is 4.68 Å². The summed E-state index contributed by atoms with van der Waals surface area (Å²) in [6, 6.07) is 19.8. The second-order valence-electron chi connectivity index (χ2n) is 9.69. The van der Waals surface area contributed by atoms with Crippen LogP contribution >= 0.6 is 0 Å². The molecule has 3 atom stereocenters. The first-order valence-corrected chi connectivity index (χ1v) is 14.2. The fraction of sp³-hybridized carbons (Fsp3) is 0.286. The van der Waals surface area contributed by atoms with E-state index in [1.807, 2.05) is 43.8 Å². The Morgan fingerprint density at radius 2 is 1.81 bits per heavy atom. The van der Waals surface area contributed by atoms with Gasteiger partial charge >= 0.3 is 0 Å². The number of nitrogens with one attached hydrogen (secondary N) is 3. The van der Waals surface area contributed by atoms with E-state index in [4.69, 9.17) is 4.98 Å². The molecule has 2 aromatic carbocycles. The minimum absolute atomic E-state index is 0.0411. The highest BCUT2D eigenvalue weighted by molar-refractivity contribution is 7.90. The topological polar surface area (TPSA) is 101 Å². The maximum absolute atomic E-state index is 11.8. The molecule has 0 unspecified atom stereocenters. The van der Waals surface area contributed by atoms with Gasteiger partial charge in [-0.15, -0.1) is 0 Å². The van der Waals surface area contributed by atoms with Crippen molar-refractivity contribution in [1.29, 1.82) is 0 Å². The van der Waals surface area contributed by atoms with Crippen LogP contribution in [0.4, 0.5) is 11.5 Å². The van der Waals surface area contributed by atoms with Gasteiger partial charge in [0, 0.05) is 49.9 Å². The first kappa shape index (κ1) is 25.0. The standard InChI is InChI=1S/C28H32N6O2S/c1-19(20-9-11-24(12-10-20)37(3,35)36)14-30-27(21-7-5-4-6-8-21)26-17-29-25-13-22(15-31-28(25)33-26)23-16-32-34(2)18-23/h4-13,15-16,18-19,26-27,29-30H,14,17H2,1-3H3,(H,31,33)/t19-,26-,27-/m1/s1. The minimum atomic E-state index is -3.20. The van der Waals surface area contributed by atoms with Crippen LogP contribution in [0.5, 0.6) is 0 Å². The fourth-order valence-electron chi connectivity index (χ4n) is 4.71. The van der Waals surface area contributed by atoms with Gasteiger partial charge in [0.25, 0.3) is 0 Å². The highest BCUT2D eigenvalue weighted by atomic mass is 32.2. The van der Waals surface area contributed by atoms with E-state index in [1.54, 1.807) is 16.8 Å². The van der Waals surface area contributed by atoms with Gasteiger partial charge in [0.2, 0.25) is 0 Å². The van der Waals surface area contributed by atoms with Gasteiger partial charge in [-0.25, -0.2) is 13.4 Å². The smallest absolute Gasteiger partial charge is 0.175 e. The van der Waals surface area contributed by atoms with E-state index < -0.39 is 9.84 Å². The molecule has 0 bridgehead atoms. The van der Waals surface area contributed by atoms with Gasteiger partial charge in [0.15, 0.2) is 9.84 Å². The Morgan fingerprint density at radius 3 is 2.49 bits per heavy atom. The summed E-state index contributed by atoms with van der Waals surface area (Å²) in [7, 11) is -1.30. The number of anilines is 2. The minimum Gasteiger partial charge on any atom is -0.380 e. The van der Waals surface area contributed by atoms with Crippen molar-refractivity contribution >= 4 is 21.3 Å². The Morgan fingerprint density at radius 1 is 1.05 bits per heavy atom. The third-order valence-electron chi connectivity index (χ3n) is 6.84. The first-order chi connectivity index (χ1) is 17.8. The molecule has 3 heterocycles. The quantitative estimate of drug-likeness (QED) is 0.322. The summed E-state index contributed by atoms with van der Waals surface area (Å²) >= 11 is 0. The summed E-state index contributed by atoms with van der Waals surface area (Å²) in [4.78, 5) is 5.06. The highest BCUT2D eigenvalue weighted by Gasteiger charge is 2.28. The lowest BCUT2D eigenvalue weighted by Crippen LogP contribution is -2.45. The monoisotopic (exact) mass is 516 g/mol. The molecule has 37 heavy (non-hydrogen) atoms. The van der Waals surface area contributed by atoms with E-state index in [2.05, 4.69) is 58.3 Å². The number of benzene rings is 2. The van der Waals surface area contributed by atoms with Crippen LogP contribution in [-0.2, 0) is 16.9 Å². The number of aryl methyl sites for hydroxylation is 1. The molecule has 0 radical (unpaired) electrons. The molecule has 8 nitrogen and oxygen atoms in total. The predicted octanol–water partition coefficient (Wildman–Crippen LogP) is 4.23. The van der Waals surface area contributed by atoms with E-state index in [0.29, 0.717) is 4.90 Å². The second kappa shape index (κ2) is 10.4.